The predicted molar refractivity (Wildman–Crippen MR) is 81.7 cm³/mol. The first kappa shape index (κ1) is 16.4. The smallest absolute Gasteiger partial charge is 0.225 e. The second kappa shape index (κ2) is 8.49. The molecule has 0 radical (unpaired) electrons. The van der Waals surface area contributed by atoms with Gasteiger partial charge in [-0.25, -0.2) is 0 Å². The molecule has 1 N–H and O–H groups in total. The molecule has 20 heavy (non-hydrogen) atoms. The Labute approximate surface area is 122 Å². The van der Waals surface area contributed by atoms with E-state index >= 15 is 0 Å². The zero-order valence-corrected chi connectivity index (χ0v) is 12.7. The zero-order valence-electron chi connectivity index (χ0n) is 11.9. The summed E-state index contributed by atoms with van der Waals surface area (Å²) in [4.78, 5) is 11.7. The standard InChI is InChI=1S/C15H20N2O2S/c1-12(2)7-9-20(19)10-8-15(18)17-14-5-3-13(11-16)4-6-14/h3-6,12H,7-10H2,1-2H3,(H,17,18). The summed E-state index contributed by atoms with van der Waals surface area (Å²) in [5, 5.41) is 11.4. The largest absolute Gasteiger partial charge is 0.326 e. The van der Waals surface area contributed by atoms with Gasteiger partial charge in [-0.2, -0.15) is 5.26 Å². The van der Waals surface area contributed by atoms with Crippen LogP contribution < -0.4 is 5.32 Å². The van der Waals surface area contributed by atoms with Gasteiger partial charge in [-0.05, 0) is 36.6 Å². The van der Waals surface area contributed by atoms with Crippen LogP contribution in [-0.2, 0) is 15.6 Å². The Balaban J connectivity index is 2.32. The van der Waals surface area contributed by atoms with E-state index in [0.29, 0.717) is 28.7 Å². The molecule has 5 heteroatoms. The quantitative estimate of drug-likeness (QED) is 0.840. The molecule has 108 valence electrons. The third-order valence-electron chi connectivity index (χ3n) is 2.78. The Bertz CT molecular complexity index is 504. The van der Waals surface area contributed by atoms with Crippen LogP contribution in [0.4, 0.5) is 5.69 Å². The van der Waals surface area contributed by atoms with Crippen LogP contribution in [-0.4, -0.2) is 21.6 Å². The van der Waals surface area contributed by atoms with Crippen molar-refractivity contribution in [1.29, 1.82) is 5.26 Å². The van der Waals surface area contributed by atoms with Gasteiger partial charge in [0.1, 0.15) is 0 Å². The monoisotopic (exact) mass is 292 g/mol. The van der Waals surface area contributed by atoms with Gasteiger partial charge >= 0.3 is 0 Å². The van der Waals surface area contributed by atoms with Crippen LogP contribution in [0, 0.1) is 17.2 Å². The molecule has 1 aromatic rings. The summed E-state index contributed by atoms with van der Waals surface area (Å²) in [5.41, 5.74) is 1.21. The highest BCUT2D eigenvalue weighted by Gasteiger charge is 2.07. The molecule has 1 aromatic carbocycles. The van der Waals surface area contributed by atoms with Gasteiger partial charge in [0.15, 0.2) is 0 Å². The van der Waals surface area contributed by atoms with Crippen LogP contribution in [0.3, 0.4) is 0 Å². The molecule has 0 aromatic heterocycles. The van der Waals surface area contributed by atoms with Crippen molar-refractivity contribution in [2.24, 2.45) is 5.92 Å². The number of hydrogen-bond donors (Lipinski definition) is 1. The topological polar surface area (TPSA) is 70.0 Å². The van der Waals surface area contributed by atoms with E-state index < -0.39 is 10.8 Å². The molecule has 0 bridgehead atoms. The van der Waals surface area contributed by atoms with E-state index in [9.17, 15) is 9.00 Å². The van der Waals surface area contributed by atoms with Crippen LogP contribution in [0.5, 0.6) is 0 Å². The number of benzene rings is 1. The Hall–Kier alpha value is -1.67. The number of nitrogens with zero attached hydrogens (tertiary/aromatic N) is 1. The molecular weight excluding hydrogens is 272 g/mol. The van der Waals surface area contributed by atoms with Crippen LogP contribution >= 0.6 is 0 Å². The summed E-state index contributed by atoms with van der Waals surface area (Å²) in [6.45, 7) is 4.18. The Morgan fingerprint density at radius 3 is 2.50 bits per heavy atom. The van der Waals surface area contributed by atoms with E-state index in [2.05, 4.69) is 19.2 Å². The number of rotatable bonds is 7. The number of carbonyl (C=O) groups excluding carboxylic acids is 1. The highest BCUT2D eigenvalue weighted by molar-refractivity contribution is 7.84. The van der Waals surface area contributed by atoms with Crippen LogP contribution in [0.25, 0.3) is 0 Å². The van der Waals surface area contributed by atoms with Crippen molar-refractivity contribution in [3.05, 3.63) is 29.8 Å². The summed E-state index contributed by atoms with van der Waals surface area (Å²) < 4.78 is 11.7. The summed E-state index contributed by atoms with van der Waals surface area (Å²) in [6.07, 6.45) is 1.18. The van der Waals surface area contributed by atoms with Crippen molar-refractivity contribution < 1.29 is 9.00 Å². The molecule has 1 rings (SSSR count). The molecule has 0 aliphatic rings. The highest BCUT2D eigenvalue weighted by Crippen LogP contribution is 2.09. The normalized spacial score (nSPS) is 11.9. The molecule has 0 aliphatic carbocycles. The van der Waals surface area contributed by atoms with Gasteiger partial charge in [-0.1, -0.05) is 13.8 Å². The molecule has 4 nitrogen and oxygen atoms in total. The van der Waals surface area contributed by atoms with Crippen molar-refractivity contribution in [3.63, 3.8) is 0 Å². The first-order valence-corrected chi connectivity index (χ1v) is 8.15. The lowest BCUT2D eigenvalue weighted by molar-refractivity contribution is -0.115. The summed E-state index contributed by atoms with van der Waals surface area (Å²) >= 11 is 0. The first-order valence-electron chi connectivity index (χ1n) is 6.66. The van der Waals surface area contributed by atoms with Crippen molar-refractivity contribution >= 4 is 22.4 Å². The molecule has 1 atom stereocenters. The summed E-state index contributed by atoms with van der Waals surface area (Å²) in [6, 6.07) is 8.69. The maximum Gasteiger partial charge on any atom is 0.225 e. The number of nitrogens with one attached hydrogen (secondary N) is 1. The number of nitriles is 1. The number of anilines is 1. The van der Waals surface area contributed by atoms with E-state index in [-0.39, 0.29) is 12.3 Å². The molecule has 1 amide bonds. The fourth-order valence-electron chi connectivity index (χ4n) is 1.53. The van der Waals surface area contributed by atoms with Crippen LogP contribution in [0.1, 0.15) is 32.3 Å². The van der Waals surface area contributed by atoms with Gasteiger partial charge in [0.2, 0.25) is 5.91 Å². The number of amides is 1. The van der Waals surface area contributed by atoms with Crippen molar-refractivity contribution in [2.45, 2.75) is 26.7 Å². The zero-order chi connectivity index (χ0) is 15.0. The maximum atomic E-state index is 11.7. The lowest BCUT2D eigenvalue weighted by Crippen LogP contribution is -2.16. The molecule has 0 aliphatic heterocycles. The van der Waals surface area contributed by atoms with Crippen molar-refractivity contribution in [1.82, 2.24) is 0 Å². The van der Waals surface area contributed by atoms with E-state index in [0.717, 1.165) is 6.42 Å². The Morgan fingerprint density at radius 1 is 1.30 bits per heavy atom. The maximum absolute atomic E-state index is 11.7. The molecule has 0 saturated carbocycles. The minimum Gasteiger partial charge on any atom is -0.326 e. The third-order valence-corrected chi connectivity index (χ3v) is 4.13. The van der Waals surface area contributed by atoms with Crippen LogP contribution in [0.15, 0.2) is 24.3 Å². The van der Waals surface area contributed by atoms with E-state index in [1.807, 2.05) is 6.07 Å². The molecule has 1 unspecified atom stereocenters. The molecule has 0 saturated heterocycles. The third kappa shape index (κ3) is 6.48. The van der Waals surface area contributed by atoms with Crippen LogP contribution in [0.2, 0.25) is 0 Å². The van der Waals surface area contributed by atoms with Gasteiger partial charge in [0.05, 0.1) is 11.6 Å². The highest BCUT2D eigenvalue weighted by atomic mass is 32.2. The first-order chi connectivity index (χ1) is 9.51. The average Bonchev–Trinajstić information content (AvgIpc) is 2.43. The van der Waals surface area contributed by atoms with Gasteiger partial charge in [0.25, 0.3) is 0 Å². The second-order valence-electron chi connectivity index (χ2n) is 5.02. The summed E-state index contributed by atoms with van der Waals surface area (Å²) in [7, 11) is -0.928. The molecule has 0 fully saturated rings. The molecule has 0 spiro atoms. The van der Waals surface area contributed by atoms with Crippen molar-refractivity contribution in [3.8, 4) is 6.07 Å². The average molecular weight is 292 g/mol. The number of hydrogen-bond acceptors (Lipinski definition) is 3. The van der Waals surface area contributed by atoms with Gasteiger partial charge < -0.3 is 5.32 Å². The van der Waals surface area contributed by atoms with E-state index in [1.165, 1.54) is 0 Å². The molecule has 0 heterocycles. The van der Waals surface area contributed by atoms with Gasteiger partial charge in [-0.3, -0.25) is 9.00 Å². The SMILES string of the molecule is CC(C)CCS(=O)CCC(=O)Nc1ccc(C#N)cc1. The molecular formula is C15H20N2O2S. The van der Waals surface area contributed by atoms with E-state index in [1.54, 1.807) is 24.3 Å². The van der Waals surface area contributed by atoms with Gasteiger partial charge in [-0.15, -0.1) is 0 Å². The predicted octanol–water partition coefficient (Wildman–Crippen LogP) is 2.68. The lowest BCUT2D eigenvalue weighted by atomic mass is 10.2. The minimum absolute atomic E-state index is 0.146. The number of carbonyl (C=O) groups is 1. The second-order valence-corrected chi connectivity index (χ2v) is 6.71. The minimum atomic E-state index is -0.928. The lowest BCUT2D eigenvalue weighted by Gasteiger charge is -2.06. The fourth-order valence-corrected chi connectivity index (χ4v) is 2.88. The Morgan fingerprint density at radius 2 is 1.95 bits per heavy atom. The Kier molecular flexibility index (Phi) is 6.96. The van der Waals surface area contributed by atoms with Crippen molar-refractivity contribution in [2.75, 3.05) is 16.8 Å². The van der Waals surface area contributed by atoms with E-state index in [4.69, 9.17) is 5.26 Å². The fraction of sp³-hybridized carbons (Fsp3) is 0.467. The van der Waals surface area contributed by atoms with Gasteiger partial charge in [0, 0.05) is 34.4 Å². The summed E-state index contributed by atoms with van der Waals surface area (Å²) in [5.74, 6) is 1.44.